The molecule has 156 valence electrons. The van der Waals surface area contributed by atoms with Crippen LogP contribution in [0.5, 0.6) is 11.5 Å². The minimum Gasteiger partial charge on any atom is -0.493 e. The molecular weight excluding hydrogens is 386 g/mol. The zero-order valence-electron chi connectivity index (χ0n) is 16.8. The van der Waals surface area contributed by atoms with Crippen LogP contribution >= 0.6 is 11.3 Å². The van der Waals surface area contributed by atoms with Crippen molar-refractivity contribution in [2.75, 3.05) is 20.2 Å². The minimum atomic E-state index is -0.518. The zero-order valence-corrected chi connectivity index (χ0v) is 17.6. The van der Waals surface area contributed by atoms with Crippen LogP contribution in [0.2, 0.25) is 0 Å². The number of benzene rings is 1. The number of aliphatic hydroxyl groups is 1. The number of likely N-dealkylation sites (tertiary alicyclic amines) is 1. The van der Waals surface area contributed by atoms with Crippen LogP contribution in [0.3, 0.4) is 0 Å². The fourth-order valence-corrected chi connectivity index (χ4v) is 5.38. The van der Waals surface area contributed by atoms with Crippen molar-refractivity contribution >= 4 is 17.2 Å². The average molecular weight is 416 g/mol. The number of hydrogen-bond donors (Lipinski definition) is 1. The van der Waals surface area contributed by atoms with Crippen molar-refractivity contribution in [1.29, 1.82) is 0 Å². The van der Waals surface area contributed by atoms with Gasteiger partial charge in [0, 0.05) is 24.4 Å². The number of aryl methyl sites for hydroxylation is 1. The Bertz CT molecular complexity index is 809. The Kier molecular flexibility index (Phi) is 6.40. The van der Waals surface area contributed by atoms with Gasteiger partial charge in [0.1, 0.15) is 6.10 Å². The number of thiophene rings is 1. The molecule has 2 aliphatic rings. The monoisotopic (exact) mass is 415 g/mol. The van der Waals surface area contributed by atoms with Gasteiger partial charge < -0.3 is 19.5 Å². The van der Waals surface area contributed by atoms with Gasteiger partial charge in [-0.15, -0.1) is 11.3 Å². The number of fused-ring (bicyclic) bond motifs is 1. The summed E-state index contributed by atoms with van der Waals surface area (Å²) >= 11 is 1.75. The van der Waals surface area contributed by atoms with Gasteiger partial charge in [-0.1, -0.05) is 18.2 Å². The molecular formula is C23H29NO4S. The van der Waals surface area contributed by atoms with E-state index in [1.807, 2.05) is 29.2 Å². The summed E-state index contributed by atoms with van der Waals surface area (Å²) in [6.45, 7) is 1.54. The lowest BCUT2D eigenvalue weighted by molar-refractivity contribution is -0.130. The van der Waals surface area contributed by atoms with Crippen molar-refractivity contribution in [2.24, 2.45) is 11.8 Å². The molecule has 4 rings (SSSR count). The Morgan fingerprint density at radius 1 is 1.14 bits per heavy atom. The Morgan fingerprint density at radius 3 is 2.62 bits per heavy atom. The van der Waals surface area contributed by atoms with Crippen molar-refractivity contribution in [1.82, 2.24) is 4.90 Å². The number of aliphatic hydroxyl groups excluding tert-OH is 1. The van der Waals surface area contributed by atoms with Gasteiger partial charge in [-0.2, -0.15) is 0 Å². The molecule has 2 aromatic rings. The second-order valence-electron chi connectivity index (χ2n) is 8.10. The van der Waals surface area contributed by atoms with Crippen molar-refractivity contribution < 1.29 is 19.4 Å². The molecule has 1 aliphatic heterocycles. The first-order valence-electron chi connectivity index (χ1n) is 10.4. The molecule has 0 bridgehead atoms. The predicted molar refractivity (Wildman–Crippen MR) is 113 cm³/mol. The summed E-state index contributed by atoms with van der Waals surface area (Å²) in [4.78, 5) is 16.0. The Hall–Kier alpha value is -2.05. The molecule has 1 aromatic heterocycles. The number of carbonyl (C=O) groups is 1. The molecule has 1 saturated carbocycles. The first kappa shape index (κ1) is 20.2. The highest BCUT2D eigenvalue weighted by Crippen LogP contribution is 2.39. The van der Waals surface area contributed by atoms with Crippen molar-refractivity contribution in [3.8, 4) is 11.5 Å². The Morgan fingerprint density at radius 2 is 1.90 bits per heavy atom. The van der Waals surface area contributed by atoms with E-state index in [1.54, 1.807) is 18.4 Å². The van der Waals surface area contributed by atoms with E-state index in [2.05, 4.69) is 17.5 Å². The summed E-state index contributed by atoms with van der Waals surface area (Å²) in [6.07, 6.45) is 3.13. The van der Waals surface area contributed by atoms with E-state index in [-0.39, 0.29) is 12.0 Å². The molecule has 1 saturated heterocycles. The van der Waals surface area contributed by atoms with Crippen LogP contribution < -0.4 is 9.47 Å². The number of hydrogen-bond acceptors (Lipinski definition) is 5. The zero-order chi connectivity index (χ0) is 20.2. The van der Waals surface area contributed by atoms with Crippen molar-refractivity contribution in [3.63, 3.8) is 0 Å². The van der Waals surface area contributed by atoms with Crippen LogP contribution in [0.15, 0.2) is 41.8 Å². The van der Waals surface area contributed by atoms with Crippen LogP contribution in [0.4, 0.5) is 0 Å². The lowest BCUT2D eigenvalue weighted by Gasteiger charge is -2.35. The highest BCUT2D eigenvalue weighted by atomic mass is 32.1. The van der Waals surface area contributed by atoms with Gasteiger partial charge in [-0.3, -0.25) is 4.79 Å². The second kappa shape index (κ2) is 9.18. The average Bonchev–Trinajstić information content (AvgIpc) is 3.38. The van der Waals surface area contributed by atoms with E-state index in [0.29, 0.717) is 36.2 Å². The van der Waals surface area contributed by atoms with E-state index in [9.17, 15) is 9.90 Å². The van der Waals surface area contributed by atoms with Crippen molar-refractivity contribution in [2.45, 2.75) is 44.3 Å². The molecule has 6 heteroatoms. The first-order valence-corrected chi connectivity index (χ1v) is 11.3. The Labute approximate surface area is 176 Å². The highest BCUT2D eigenvalue weighted by Gasteiger charge is 2.43. The molecule has 29 heavy (non-hydrogen) atoms. The quantitative estimate of drug-likeness (QED) is 0.748. The topological polar surface area (TPSA) is 59.0 Å². The molecule has 1 aliphatic carbocycles. The summed E-state index contributed by atoms with van der Waals surface area (Å²) in [7, 11) is 1.62. The fraction of sp³-hybridized carbons (Fsp3) is 0.522. The maximum atomic E-state index is 12.7. The SMILES string of the molecule is COc1ccccc1O[C@@H]1C[C@@H]2CN(C(=O)CCCc3cccs3)C[C@@H]2C[C@H]1O. The van der Waals surface area contributed by atoms with E-state index in [4.69, 9.17) is 9.47 Å². The van der Waals surface area contributed by atoms with Crippen LogP contribution in [0.1, 0.15) is 30.6 Å². The highest BCUT2D eigenvalue weighted by molar-refractivity contribution is 7.09. The predicted octanol–water partition coefficient (Wildman–Crippen LogP) is 3.76. The number of nitrogens with zero attached hydrogens (tertiary/aromatic N) is 1. The molecule has 5 nitrogen and oxygen atoms in total. The van der Waals surface area contributed by atoms with Gasteiger partial charge in [-0.25, -0.2) is 0 Å². The summed E-state index contributed by atoms with van der Waals surface area (Å²) in [5.41, 5.74) is 0. The number of rotatable bonds is 7. The van der Waals surface area contributed by atoms with Crippen molar-refractivity contribution in [3.05, 3.63) is 46.7 Å². The number of amides is 1. The summed E-state index contributed by atoms with van der Waals surface area (Å²) < 4.78 is 11.5. The molecule has 2 heterocycles. The van der Waals surface area contributed by atoms with E-state index >= 15 is 0 Å². The number of ether oxygens (including phenoxy) is 2. The van der Waals surface area contributed by atoms with Gasteiger partial charge in [-0.05, 0) is 61.1 Å². The normalized spacial score (nSPS) is 26.2. The molecule has 1 N–H and O–H groups in total. The summed E-state index contributed by atoms with van der Waals surface area (Å²) in [5.74, 6) is 2.34. The van der Waals surface area contributed by atoms with E-state index < -0.39 is 6.10 Å². The van der Waals surface area contributed by atoms with Crippen LogP contribution in [0.25, 0.3) is 0 Å². The van der Waals surface area contributed by atoms with E-state index in [0.717, 1.165) is 32.4 Å². The standard InChI is InChI=1S/C23H29NO4S/c1-27-20-8-2-3-9-21(20)28-22-13-17-15-24(14-16(17)12-19(22)25)23(26)10-4-6-18-7-5-11-29-18/h2-3,5,7-9,11,16-17,19,22,25H,4,6,10,12-15H2,1H3/t16-,17+,19+,22+/m0/s1. The molecule has 1 amide bonds. The largest absolute Gasteiger partial charge is 0.493 e. The third-order valence-corrected chi connectivity index (χ3v) is 7.12. The lowest BCUT2D eigenvalue weighted by atomic mass is 9.78. The molecule has 0 radical (unpaired) electrons. The number of para-hydroxylation sites is 2. The number of carbonyl (C=O) groups excluding carboxylic acids is 1. The third-order valence-electron chi connectivity index (χ3n) is 6.18. The van der Waals surface area contributed by atoms with Crippen LogP contribution in [0, 0.1) is 11.8 Å². The van der Waals surface area contributed by atoms with Gasteiger partial charge in [0.05, 0.1) is 13.2 Å². The van der Waals surface area contributed by atoms with Crippen LogP contribution in [-0.2, 0) is 11.2 Å². The first-order chi connectivity index (χ1) is 14.1. The maximum absolute atomic E-state index is 12.7. The molecule has 4 atom stereocenters. The summed E-state index contributed by atoms with van der Waals surface area (Å²) in [5, 5.41) is 12.7. The van der Waals surface area contributed by atoms with Gasteiger partial charge in [0.15, 0.2) is 11.5 Å². The molecule has 0 unspecified atom stereocenters. The summed E-state index contributed by atoms with van der Waals surface area (Å²) in [6, 6.07) is 11.7. The van der Waals surface area contributed by atoms with Gasteiger partial charge in [0.2, 0.25) is 5.91 Å². The van der Waals surface area contributed by atoms with Crippen LogP contribution in [-0.4, -0.2) is 48.3 Å². The second-order valence-corrected chi connectivity index (χ2v) is 9.13. The van der Waals surface area contributed by atoms with E-state index in [1.165, 1.54) is 4.88 Å². The van der Waals surface area contributed by atoms with Gasteiger partial charge >= 0.3 is 0 Å². The minimum absolute atomic E-state index is 0.243. The molecule has 1 aromatic carbocycles. The lowest BCUT2D eigenvalue weighted by Crippen LogP contribution is -2.42. The third kappa shape index (κ3) is 4.75. The molecule has 2 fully saturated rings. The smallest absolute Gasteiger partial charge is 0.222 e. The number of methoxy groups -OCH3 is 1. The van der Waals surface area contributed by atoms with Gasteiger partial charge in [0.25, 0.3) is 0 Å². The Balaban J connectivity index is 1.30. The fourth-order valence-electron chi connectivity index (χ4n) is 4.63. The maximum Gasteiger partial charge on any atom is 0.222 e. The molecule has 0 spiro atoms.